The first-order valence-electron chi connectivity index (χ1n) is 27.0. The zero-order chi connectivity index (χ0) is 46.5. The van der Waals surface area contributed by atoms with Crippen molar-refractivity contribution in [2.24, 2.45) is 0 Å². The summed E-state index contributed by atoms with van der Waals surface area (Å²) < 4.78 is 16.7. The van der Waals surface area contributed by atoms with Crippen LogP contribution in [0, 0.1) is 0 Å². The summed E-state index contributed by atoms with van der Waals surface area (Å²) in [6.45, 7) is 6.44. The van der Waals surface area contributed by atoms with Crippen molar-refractivity contribution in [1.29, 1.82) is 0 Å². The molecule has 0 aromatic rings. The van der Waals surface area contributed by atoms with E-state index >= 15 is 0 Å². The van der Waals surface area contributed by atoms with Gasteiger partial charge in [0, 0.05) is 19.3 Å². The van der Waals surface area contributed by atoms with Crippen LogP contribution < -0.4 is 0 Å². The summed E-state index contributed by atoms with van der Waals surface area (Å²) in [5.74, 6) is -0.989. The molecule has 0 aliphatic carbocycles. The van der Waals surface area contributed by atoms with Gasteiger partial charge >= 0.3 is 17.9 Å². The molecule has 64 heavy (non-hydrogen) atoms. The van der Waals surface area contributed by atoms with Gasteiger partial charge in [-0.2, -0.15) is 0 Å². The molecule has 0 aliphatic heterocycles. The van der Waals surface area contributed by atoms with Crippen LogP contribution in [0.15, 0.2) is 72.9 Å². The van der Waals surface area contributed by atoms with E-state index in [1.807, 2.05) is 24.3 Å². The predicted octanol–water partition coefficient (Wildman–Crippen LogP) is 17.8. The van der Waals surface area contributed by atoms with Gasteiger partial charge in [0.1, 0.15) is 13.2 Å². The lowest BCUT2D eigenvalue weighted by Gasteiger charge is -2.18. The standard InChI is InChI=1S/C58H100O6/c1-4-7-10-13-16-19-22-25-27-28-29-31-33-36-39-42-45-48-51-57(60)63-54-55(53-62-56(59)50-47-44-41-38-35-32-24-21-18-15-12-9-6-3)64-58(61)52-49-46-43-40-37-34-30-26-23-20-17-14-11-8-5-2/h8,11,14,17,20,23,26,30,32,35,41,44,55H,4-7,9-10,12-13,15-16,18-19,21-22,24-25,27-29,31,33-34,36-40,42-43,45-54H2,1-3H3/b11-8-,17-14-,23-20-,30-26-,35-32-,44-41-. The van der Waals surface area contributed by atoms with Gasteiger partial charge in [0.25, 0.3) is 0 Å². The molecule has 368 valence electrons. The number of hydrogen-bond donors (Lipinski definition) is 0. The number of ether oxygens (including phenoxy) is 3. The minimum atomic E-state index is -0.808. The van der Waals surface area contributed by atoms with E-state index in [1.54, 1.807) is 0 Å². The first-order chi connectivity index (χ1) is 31.5. The van der Waals surface area contributed by atoms with Crippen LogP contribution in [0.25, 0.3) is 0 Å². The van der Waals surface area contributed by atoms with Crippen LogP contribution >= 0.6 is 0 Å². The number of carbonyl (C=O) groups excluding carboxylic acids is 3. The van der Waals surface area contributed by atoms with Gasteiger partial charge in [0.05, 0.1) is 0 Å². The second-order valence-corrected chi connectivity index (χ2v) is 17.9. The quantitative estimate of drug-likeness (QED) is 0.0199. The Morgan fingerprint density at radius 1 is 0.344 bits per heavy atom. The van der Waals surface area contributed by atoms with Crippen LogP contribution in [0.1, 0.15) is 258 Å². The Hall–Kier alpha value is -3.15. The number of unbranched alkanes of at least 4 members (excludes halogenated alkanes) is 28. The summed E-state index contributed by atoms with van der Waals surface area (Å²) >= 11 is 0. The molecule has 0 amide bonds. The molecule has 1 unspecified atom stereocenters. The number of rotatable bonds is 48. The molecule has 6 nitrogen and oxygen atoms in total. The van der Waals surface area contributed by atoms with Crippen LogP contribution in [0.3, 0.4) is 0 Å². The molecular weight excluding hydrogens is 793 g/mol. The topological polar surface area (TPSA) is 78.9 Å². The second-order valence-electron chi connectivity index (χ2n) is 17.9. The molecule has 0 aliphatic rings. The fourth-order valence-electron chi connectivity index (χ4n) is 7.51. The third-order valence-corrected chi connectivity index (χ3v) is 11.6. The Morgan fingerprint density at radius 3 is 1.17 bits per heavy atom. The highest BCUT2D eigenvalue weighted by Gasteiger charge is 2.19. The summed E-state index contributed by atoms with van der Waals surface area (Å²) in [5.41, 5.74) is 0. The maximum absolute atomic E-state index is 12.8. The summed E-state index contributed by atoms with van der Waals surface area (Å²) in [5, 5.41) is 0. The molecular formula is C58H100O6. The first kappa shape index (κ1) is 60.9. The summed E-state index contributed by atoms with van der Waals surface area (Å²) in [6, 6.07) is 0. The fraction of sp³-hybridized carbons (Fsp3) is 0.741. The predicted molar refractivity (Wildman–Crippen MR) is 274 cm³/mol. The molecule has 0 aromatic heterocycles. The van der Waals surface area contributed by atoms with Gasteiger partial charge in [0.15, 0.2) is 6.10 Å². The molecule has 0 radical (unpaired) electrons. The van der Waals surface area contributed by atoms with Gasteiger partial charge in [-0.25, -0.2) is 0 Å². The lowest BCUT2D eigenvalue weighted by Crippen LogP contribution is -2.30. The van der Waals surface area contributed by atoms with E-state index in [1.165, 1.54) is 135 Å². The number of esters is 3. The average Bonchev–Trinajstić information content (AvgIpc) is 3.29. The molecule has 0 aromatic carbocycles. The first-order valence-corrected chi connectivity index (χ1v) is 27.0. The molecule has 0 heterocycles. The van der Waals surface area contributed by atoms with Crippen molar-refractivity contribution >= 4 is 17.9 Å². The average molecular weight is 893 g/mol. The van der Waals surface area contributed by atoms with Gasteiger partial charge < -0.3 is 14.2 Å². The molecule has 0 saturated heterocycles. The Balaban J connectivity index is 4.43. The van der Waals surface area contributed by atoms with Crippen LogP contribution in [0.2, 0.25) is 0 Å². The molecule has 0 rings (SSSR count). The van der Waals surface area contributed by atoms with Crippen LogP contribution in [-0.2, 0) is 28.6 Å². The highest BCUT2D eigenvalue weighted by molar-refractivity contribution is 5.71. The maximum atomic E-state index is 12.8. The monoisotopic (exact) mass is 893 g/mol. The van der Waals surface area contributed by atoms with Crippen molar-refractivity contribution in [3.05, 3.63) is 72.9 Å². The van der Waals surface area contributed by atoms with Gasteiger partial charge in [-0.3, -0.25) is 14.4 Å². The third kappa shape index (κ3) is 49.9. The van der Waals surface area contributed by atoms with E-state index in [9.17, 15) is 14.4 Å². The van der Waals surface area contributed by atoms with E-state index in [0.717, 1.165) is 77.0 Å². The molecule has 0 spiro atoms. The molecule has 1 atom stereocenters. The van der Waals surface area contributed by atoms with Crippen molar-refractivity contribution in [3.63, 3.8) is 0 Å². The van der Waals surface area contributed by atoms with Crippen molar-refractivity contribution in [2.75, 3.05) is 13.2 Å². The zero-order valence-corrected chi connectivity index (χ0v) is 42.0. The van der Waals surface area contributed by atoms with Crippen molar-refractivity contribution in [3.8, 4) is 0 Å². The van der Waals surface area contributed by atoms with Crippen molar-refractivity contribution in [2.45, 2.75) is 264 Å². The maximum Gasteiger partial charge on any atom is 0.306 e. The number of allylic oxidation sites excluding steroid dienone is 12. The van der Waals surface area contributed by atoms with Gasteiger partial charge in [-0.05, 0) is 57.8 Å². The fourth-order valence-corrected chi connectivity index (χ4v) is 7.51. The highest BCUT2D eigenvalue weighted by Crippen LogP contribution is 2.16. The summed E-state index contributed by atoms with van der Waals surface area (Å²) in [7, 11) is 0. The Morgan fingerprint density at radius 2 is 0.703 bits per heavy atom. The van der Waals surface area contributed by atoms with Gasteiger partial charge in [-0.15, -0.1) is 0 Å². The highest BCUT2D eigenvalue weighted by atomic mass is 16.6. The lowest BCUT2D eigenvalue weighted by molar-refractivity contribution is -0.166. The lowest BCUT2D eigenvalue weighted by atomic mass is 10.0. The van der Waals surface area contributed by atoms with Gasteiger partial charge in [0.2, 0.25) is 0 Å². The number of carbonyl (C=O) groups is 3. The smallest absolute Gasteiger partial charge is 0.306 e. The van der Waals surface area contributed by atoms with Crippen LogP contribution in [-0.4, -0.2) is 37.2 Å². The van der Waals surface area contributed by atoms with E-state index in [2.05, 4.69) is 69.4 Å². The largest absolute Gasteiger partial charge is 0.462 e. The normalized spacial score (nSPS) is 12.6. The Labute approximate surface area is 395 Å². The molecule has 0 bridgehead atoms. The van der Waals surface area contributed by atoms with Crippen molar-refractivity contribution in [1.82, 2.24) is 0 Å². The summed E-state index contributed by atoms with van der Waals surface area (Å²) in [6.07, 6.45) is 66.2. The van der Waals surface area contributed by atoms with Crippen molar-refractivity contribution < 1.29 is 28.6 Å². The molecule has 6 heteroatoms. The molecule has 0 saturated carbocycles. The molecule has 0 N–H and O–H groups in total. The third-order valence-electron chi connectivity index (χ3n) is 11.6. The second kappa shape index (κ2) is 52.5. The summed E-state index contributed by atoms with van der Waals surface area (Å²) in [4.78, 5) is 38.0. The van der Waals surface area contributed by atoms with E-state index in [4.69, 9.17) is 14.2 Å². The van der Waals surface area contributed by atoms with E-state index < -0.39 is 6.10 Å². The number of hydrogen-bond acceptors (Lipinski definition) is 6. The minimum Gasteiger partial charge on any atom is -0.462 e. The van der Waals surface area contributed by atoms with E-state index in [0.29, 0.717) is 19.3 Å². The van der Waals surface area contributed by atoms with Crippen LogP contribution in [0.5, 0.6) is 0 Å². The molecule has 0 fully saturated rings. The Kier molecular flexibility index (Phi) is 49.9. The SMILES string of the molecule is CC\C=C/C=C\C=C/C=C\CCCCCCCC(=O)OC(COC(=O)CC/C=C\C/C=C\CCCCCCCC)COC(=O)CCCCCCCCCCCCCCCCCCCC. The zero-order valence-electron chi connectivity index (χ0n) is 42.0. The van der Waals surface area contributed by atoms with E-state index in [-0.39, 0.29) is 37.5 Å². The van der Waals surface area contributed by atoms with Gasteiger partial charge in [-0.1, -0.05) is 254 Å². The minimum absolute atomic E-state index is 0.100. The van der Waals surface area contributed by atoms with Crippen LogP contribution in [0.4, 0.5) is 0 Å². The Bertz CT molecular complexity index is 1210.